The number of nitrogens with zero attached hydrogens (tertiary/aromatic N) is 1. The highest BCUT2D eigenvalue weighted by Gasteiger charge is 2.28. The van der Waals surface area contributed by atoms with Gasteiger partial charge >= 0.3 is 0 Å². The topological polar surface area (TPSA) is 128 Å². The molecule has 0 aromatic carbocycles. The number of unbranched alkanes of at least 4 members (excludes halogenated alkanes) is 2. The van der Waals surface area contributed by atoms with E-state index in [1.807, 2.05) is 13.8 Å². The molecule has 1 rings (SSSR count). The molecule has 0 aliphatic heterocycles. The fourth-order valence-corrected chi connectivity index (χ4v) is 3.90. The molecule has 1 saturated carbocycles. The van der Waals surface area contributed by atoms with Crippen LogP contribution in [0.15, 0.2) is 0 Å². The summed E-state index contributed by atoms with van der Waals surface area (Å²) in [5, 5.41) is 26.2. The molecule has 0 aromatic heterocycles. The number of hydrogen-bond acceptors (Lipinski definition) is 6. The van der Waals surface area contributed by atoms with Crippen LogP contribution in [0.2, 0.25) is 0 Å². The van der Waals surface area contributed by atoms with Gasteiger partial charge < -0.3 is 26.6 Å². The molecular formula is C22H44N4O4. The van der Waals surface area contributed by atoms with Crippen LogP contribution in [0.5, 0.6) is 0 Å². The van der Waals surface area contributed by atoms with Crippen molar-refractivity contribution in [1.82, 2.24) is 15.5 Å². The van der Waals surface area contributed by atoms with E-state index < -0.39 is 24.0 Å². The summed E-state index contributed by atoms with van der Waals surface area (Å²) >= 11 is 0. The van der Waals surface area contributed by atoms with Crippen molar-refractivity contribution in [3.63, 3.8) is 0 Å². The van der Waals surface area contributed by atoms with Crippen LogP contribution in [0.4, 0.5) is 0 Å². The van der Waals surface area contributed by atoms with Gasteiger partial charge in [0.05, 0.1) is 0 Å². The van der Waals surface area contributed by atoms with Crippen LogP contribution in [0.1, 0.15) is 71.6 Å². The zero-order valence-electron chi connectivity index (χ0n) is 18.9. The summed E-state index contributed by atoms with van der Waals surface area (Å²) in [4.78, 5) is 26.1. The molecular weight excluding hydrogens is 384 g/mol. The van der Waals surface area contributed by atoms with Crippen LogP contribution >= 0.6 is 0 Å². The summed E-state index contributed by atoms with van der Waals surface area (Å²) in [6, 6.07) is -0.115. The average molecular weight is 429 g/mol. The lowest BCUT2D eigenvalue weighted by atomic mass is 9.84. The van der Waals surface area contributed by atoms with E-state index in [9.17, 15) is 19.8 Å². The second-order valence-electron chi connectivity index (χ2n) is 8.60. The molecule has 0 aromatic rings. The Labute approximate surface area is 182 Å². The molecule has 1 aliphatic carbocycles. The van der Waals surface area contributed by atoms with Gasteiger partial charge in [-0.3, -0.25) is 14.5 Å². The van der Waals surface area contributed by atoms with Crippen LogP contribution in [0.25, 0.3) is 0 Å². The van der Waals surface area contributed by atoms with E-state index in [0.29, 0.717) is 25.6 Å². The normalized spacial score (nSPS) is 18.1. The highest BCUT2D eigenvalue weighted by atomic mass is 16.3. The Kier molecular flexibility index (Phi) is 13.9. The molecule has 1 aliphatic rings. The van der Waals surface area contributed by atoms with E-state index in [2.05, 4.69) is 10.6 Å². The van der Waals surface area contributed by atoms with E-state index >= 15 is 0 Å². The van der Waals surface area contributed by atoms with E-state index in [-0.39, 0.29) is 19.1 Å². The minimum Gasteiger partial charge on any atom is -0.382 e. The number of rotatable bonds is 15. The smallest absolute Gasteiger partial charge is 0.250 e. The van der Waals surface area contributed by atoms with Gasteiger partial charge in [-0.2, -0.15) is 0 Å². The van der Waals surface area contributed by atoms with Crippen LogP contribution in [-0.4, -0.2) is 77.9 Å². The third-order valence-electron chi connectivity index (χ3n) is 5.85. The largest absolute Gasteiger partial charge is 0.382 e. The molecule has 0 bridgehead atoms. The van der Waals surface area contributed by atoms with E-state index in [4.69, 9.17) is 5.73 Å². The quantitative estimate of drug-likeness (QED) is 0.245. The van der Waals surface area contributed by atoms with Gasteiger partial charge in [0.2, 0.25) is 11.8 Å². The van der Waals surface area contributed by atoms with Crippen molar-refractivity contribution in [2.75, 3.05) is 32.7 Å². The summed E-state index contributed by atoms with van der Waals surface area (Å²) < 4.78 is 0. The number of carbonyl (C=O) groups excluding carboxylic acids is 2. The molecule has 0 heterocycles. The molecule has 30 heavy (non-hydrogen) atoms. The molecule has 6 N–H and O–H groups in total. The van der Waals surface area contributed by atoms with Crippen LogP contribution < -0.4 is 16.4 Å². The Balaban J connectivity index is 2.66. The lowest BCUT2D eigenvalue weighted by molar-refractivity contribution is -0.132. The second-order valence-corrected chi connectivity index (χ2v) is 8.60. The van der Waals surface area contributed by atoms with Gasteiger partial charge in [0.25, 0.3) is 0 Å². The van der Waals surface area contributed by atoms with Gasteiger partial charge in [-0.15, -0.1) is 0 Å². The Morgan fingerprint density at radius 1 is 0.900 bits per heavy atom. The molecule has 2 amide bonds. The number of nitrogens with two attached hydrogens (primary N) is 1. The monoisotopic (exact) mass is 428 g/mol. The first-order valence-corrected chi connectivity index (χ1v) is 11.8. The van der Waals surface area contributed by atoms with Crippen molar-refractivity contribution in [1.29, 1.82) is 0 Å². The van der Waals surface area contributed by atoms with E-state index in [1.165, 1.54) is 19.3 Å². The van der Waals surface area contributed by atoms with Crippen molar-refractivity contribution in [3.8, 4) is 0 Å². The number of amides is 2. The van der Waals surface area contributed by atoms with Gasteiger partial charge in [-0.1, -0.05) is 46.0 Å². The Bertz CT molecular complexity index is 456. The summed E-state index contributed by atoms with van der Waals surface area (Å²) in [5.74, 6) is -0.463. The lowest BCUT2D eigenvalue weighted by Gasteiger charge is -2.33. The minimum absolute atomic E-state index is 0.0394. The third-order valence-corrected chi connectivity index (χ3v) is 5.85. The molecule has 3 unspecified atom stereocenters. The molecule has 3 atom stereocenters. The standard InChI is InChI=1S/C22H44N4O4/c1-3-5-12-24-21(29)19(27)15-26(14-18(23)17-10-8-7-9-11-17)16-20(28)22(30)25-13-6-4-2/h17-20,27-28H,3-16,23H2,1-2H3,(H,24,29)(H,25,30). The molecule has 0 radical (unpaired) electrons. The zero-order chi connectivity index (χ0) is 22.4. The predicted molar refractivity (Wildman–Crippen MR) is 119 cm³/mol. The van der Waals surface area contributed by atoms with E-state index in [1.54, 1.807) is 4.90 Å². The zero-order valence-corrected chi connectivity index (χ0v) is 18.9. The van der Waals surface area contributed by atoms with Crippen molar-refractivity contribution in [2.24, 2.45) is 11.7 Å². The van der Waals surface area contributed by atoms with Gasteiger partial charge in [-0.05, 0) is 31.6 Å². The maximum atomic E-state index is 12.2. The highest BCUT2D eigenvalue weighted by molar-refractivity contribution is 5.81. The molecule has 0 spiro atoms. The van der Waals surface area contributed by atoms with Gasteiger partial charge in [0, 0.05) is 38.8 Å². The first-order chi connectivity index (χ1) is 14.4. The van der Waals surface area contributed by atoms with E-state index in [0.717, 1.165) is 38.5 Å². The maximum absolute atomic E-state index is 12.2. The fourth-order valence-electron chi connectivity index (χ4n) is 3.90. The summed E-state index contributed by atoms with van der Waals surface area (Å²) in [7, 11) is 0. The molecule has 8 heteroatoms. The van der Waals surface area contributed by atoms with Gasteiger partial charge in [-0.25, -0.2) is 0 Å². The van der Waals surface area contributed by atoms with Gasteiger partial charge in [0.1, 0.15) is 12.2 Å². The van der Waals surface area contributed by atoms with Crippen LogP contribution in [0.3, 0.4) is 0 Å². The van der Waals surface area contributed by atoms with Crippen molar-refractivity contribution in [2.45, 2.75) is 89.9 Å². The average Bonchev–Trinajstić information content (AvgIpc) is 2.74. The van der Waals surface area contributed by atoms with Crippen molar-refractivity contribution < 1.29 is 19.8 Å². The summed E-state index contributed by atoms with van der Waals surface area (Å²) in [6.45, 7) is 5.62. The van der Waals surface area contributed by atoms with Crippen molar-refractivity contribution >= 4 is 11.8 Å². The SMILES string of the molecule is CCCCNC(=O)C(O)CN(CC(O)C(=O)NCCCC)CC(N)C1CCCCC1. The first kappa shape index (κ1) is 26.8. The predicted octanol–water partition coefficient (Wildman–Crippen LogP) is 0.750. The Morgan fingerprint density at radius 2 is 1.37 bits per heavy atom. The van der Waals surface area contributed by atoms with Crippen molar-refractivity contribution in [3.05, 3.63) is 0 Å². The number of aliphatic hydroxyl groups is 2. The second kappa shape index (κ2) is 15.6. The number of nitrogens with one attached hydrogen (secondary N) is 2. The van der Waals surface area contributed by atoms with Crippen LogP contribution in [0, 0.1) is 5.92 Å². The van der Waals surface area contributed by atoms with Gasteiger partial charge in [0.15, 0.2) is 0 Å². The molecule has 1 fully saturated rings. The highest BCUT2D eigenvalue weighted by Crippen LogP contribution is 2.26. The molecule has 0 saturated heterocycles. The molecule has 176 valence electrons. The molecule has 8 nitrogen and oxygen atoms in total. The maximum Gasteiger partial charge on any atom is 0.250 e. The number of carbonyl (C=O) groups is 2. The summed E-state index contributed by atoms with van der Waals surface area (Å²) in [5.41, 5.74) is 6.44. The Hall–Kier alpha value is -1.22. The minimum atomic E-state index is -1.23. The Morgan fingerprint density at radius 3 is 1.80 bits per heavy atom. The lowest BCUT2D eigenvalue weighted by Crippen LogP contribution is -2.52. The fraction of sp³-hybridized carbons (Fsp3) is 0.909. The first-order valence-electron chi connectivity index (χ1n) is 11.8. The van der Waals surface area contributed by atoms with Crippen LogP contribution in [-0.2, 0) is 9.59 Å². The summed E-state index contributed by atoms with van der Waals surface area (Å²) in [6.07, 6.45) is 6.90. The number of aliphatic hydroxyl groups excluding tert-OH is 2. The number of hydrogen-bond donors (Lipinski definition) is 5. The third kappa shape index (κ3) is 10.7.